The van der Waals surface area contributed by atoms with Crippen molar-refractivity contribution in [1.29, 1.82) is 0 Å². The number of fused-ring (bicyclic) bond motifs is 1. The molecule has 2 fully saturated rings. The Balaban J connectivity index is 1.93. The summed E-state index contributed by atoms with van der Waals surface area (Å²) in [5, 5.41) is 0. The molecule has 2 N–H and O–H groups in total. The topological polar surface area (TPSA) is 35.2 Å². The SMILES string of the molecule is NCC1CC2OCCC12. The highest BCUT2D eigenvalue weighted by Crippen LogP contribution is 2.42. The molecule has 1 saturated carbocycles. The van der Waals surface area contributed by atoms with E-state index >= 15 is 0 Å². The van der Waals surface area contributed by atoms with Gasteiger partial charge < -0.3 is 10.5 Å². The van der Waals surface area contributed by atoms with Gasteiger partial charge in [-0.3, -0.25) is 0 Å². The van der Waals surface area contributed by atoms with Crippen molar-refractivity contribution < 1.29 is 4.74 Å². The Morgan fingerprint density at radius 3 is 3.11 bits per heavy atom. The van der Waals surface area contributed by atoms with Crippen molar-refractivity contribution >= 4 is 0 Å². The van der Waals surface area contributed by atoms with Gasteiger partial charge in [0.25, 0.3) is 0 Å². The molecule has 2 aliphatic rings. The molecule has 0 aromatic carbocycles. The molecule has 0 amide bonds. The molecule has 1 aliphatic heterocycles. The zero-order chi connectivity index (χ0) is 6.27. The summed E-state index contributed by atoms with van der Waals surface area (Å²) in [5.74, 6) is 1.62. The van der Waals surface area contributed by atoms with E-state index in [-0.39, 0.29) is 0 Å². The van der Waals surface area contributed by atoms with Gasteiger partial charge >= 0.3 is 0 Å². The van der Waals surface area contributed by atoms with Gasteiger partial charge in [0.15, 0.2) is 0 Å². The van der Waals surface area contributed by atoms with Gasteiger partial charge in [-0.05, 0) is 31.2 Å². The Bertz CT molecular complexity index is 115. The van der Waals surface area contributed by atoms with Crippen molar-refractivity contribution in [1.82, 2.24) is 0 Å². The molecule has 2 nitrogen and oxygen atoms in total. The van der Waals surface area contributed by atoms with Crippen LogP contribution in [0.15, 0.2) is 0 Å². The minimum Gasteiger partial charge on any atom is -0.378 e. The monoisotopic (exact) mass is 127 g/mol. The Hall–Kier alpha value is -0.0800. The summed E-state index contributed by atoms with van der Waals surface area (Å²) in [6.07, 6.45) is 3.08. The van der Waals surface area contributed by atoms with Crippen molar-refractivity contribution in [2.24, 2.45) is 17.6 Å². The van der Waals surface area contributed by atoms with Crippen LogP contribution >= 0.6 is 0 Å². The lowest BCUT2D eigenvalue weighted by atomic mass is 9.71. The molecule has 3 atom stereocenters. The molecule has 1 saturated heterocycles. The molecular weight excluding hydrogens is 114 g/mol. The zero-order valence-electron chi connectivity index (χ0n) is 5.55. The third kappa shape index (κ3) is 0.700. The van der Waals surface area contributed by atoms with Gasteiger partial charge in [0, 0.05) is 6.61 Å². The van der Waals surface area contributed by atoms with Crippen LogP contribution in [0.2, 0.25) is 0 Å². The maximum absolute atomic E-state index is 5.53. The fraction of sp³-hybridized carbons (Fsp3) is 1.00. The molecule has 0 spiro atoms. The molecule has 52 valence electrons. The van der Waals surface area contributed by atoms with Crippen LogP contribution in [0.5, 0.6) is 0 Å². The summed E-state index contributed by atoms with van der Waals surface area (Å²) in [7, 11) is 0. The second kappa shape index (κ2) is 1.96. The smallest absolute Gasteiger partial charge is 0.0610 e. The van der Waals surface area contributed by atoms with Gasteiger partial charge in [0.05, 0.1) is 6.10 Å². The van der Waals surface area contributed by atoms with Crippen LogP contribution in [-0.2, 0) is 4.74 Å². The quantitative estimate of drug-likeness (QED) is 0.552. The second-order valence-corrected chi connectivity index (χ2v) is 3.09. The summed E-state index contributed by atoms with van der Waals surface area (Å²) in [4.78, 5) is 0. The van der Waals surface area contributed by atoms with Crippen LogP contribution in [0.25, 0.3) is 0 Å². The minimum absolute atomic E-state index is 0.596. The summed E-state index contributed by atoms with van der Waals surface area (Å²) in [5.41, 5.74) is 5.53. The van der Waals surface area contributed by atoms with Crippen molar-refractivity contribution in [2.45, 2.75) is 18.9 Å². The molecule has 3 unspecified atom stereocenters. The van der Waals surface area contributed by atoms with E-state index in [1.165, 1.54) is 12.8 Å². The van der Waals surface area contributed by atoms with E-state index in [1.54, 1.807) is 0 Å². The van der Waals surface area contributed by atoms with Crippen molar-refractivity contribution in [3.05, 3.63) is 0 Å². The van der Waals surface area contributed by atoms with Crippen LogP contribution < -0.4 is 5.73 Å². The summed E-state index contributed by atoms with van der Waals surface area (Å²) < 4.78 is 5.43. The Labute approximate surface area is 55.4 Å². The molecule has 0 bridgehead atoms. The standard InChI is InChI=1S/C7H13NO/c8-4-5-3-7-6(5)1-2-9-7/h5-7H,1-4,8H2. The lowest BCUT2D eigenvalue weighted by molar-refractivity contribution is -0.00808. The maximum Gasteiger partial charge on any atom is 0.0610 e. The summed E-state index contributed by atoms with van der Waals surface area (Å²) in [6.45, 7) is 1.84. The highest BCUT2D eigenvalue weighted by Gasteiger charge is 2.43. The van der Waals surface area contributed by atoms with E-state index in [2.05, 4.69) is 0 Å². The number of ether oxygens (including phenoxy) is 1. The van der Waals surface area contributed by atoms with Crippen molar-refractivity contribution in [3.8, 4) is 0 Å². The van der Waals surface area contributed by atoms with E-state index in [1.807, 2.05) is 0 Å². The lowest BCUT2D eigenvalue weighted by Crippen LogP contribution is -2.42. The highest BCUT2D eigenvalue weighted by atomic mass is 16.5. The van der Waals surface area contributed by atoms with Gasteiger partial charge in [-0.15, -0.1) is 0 Å². The van der Waals surface area contributed by atoms with Crippen molar-refractivity contribution in [3.63, 3.8) is 0 Å². The molecule has 1 heterocycles. The van der Waals surface area contributed by atoms with E-state index < -0.39 is 0 Å². The summed E-state index contributed by atoms with van der Waals surface area (Å²) >= 11 is 0. The summed E-state index contributed by atoms with van der Waals surface area (Å²) in [6, 6.07) is 0. The Morgan fingerprint density at radius 1 is 1.56 bits per heavy atom. The number of rotatable bonds is 1. The molecular formula is C7H13NO. The average Bonchev–Trinajstić information content (AvgIpc) is 2.14. The van der Waals surface area contributed by atoms with Gasteiger partial charge in [0.2, 0.25) is 0 Å². The molecule has 1 aliphatic carbocycles. The molecule has 0 aromatic heterocycles. The zero-order valence-corrected chi connectivity index (χ0v) is 5.55. The predicted molar refractivity (Wildman–Crippen MR) is 35.0 cm³/mol. The number of hydrogen-bond acceptors (Lipinski definition) is 2. The number of hydrogen-bond donors (Lipinski definition) is 1. The fourth-order valence-corrected chi connectivity index (χ4v) is 2.00. The third-order valence-corrected chi connectivity index (χ3v) is 2.70. The predicted octanol–water partition coefficient (Wildman–Crippen LogP) is 0.370. The first kappa shape index (κ1) is 5.69. The van der Waals surface area contributed by atoms with Gasteiger partial charge in [-0.1, -0.05) is 0 Å². The molecule has 9 heavy (non-hydrogen) atoms. The first-order valence-corrected chi connectivity index (χ1v) is 3.73. The van der Waals surface area contributed by atoms with E-state index in [9.17, 15) is 0 Å². The molecule has 2 heteroatoms. The molecule has 0 radical (unpaired) electrons. The van der Waals surface area contributed by atoms with Crippen LogP contribution in [0.3, 0.4) is 0 Å². The van der Waals surface area contributed by atoms with Crippen LogP contribution in [0, 0.1) is 11.8 Å². The van der Waals surface area contributed by atoms with Gasteiger partial charge in [-0.25, -0.2) is 0 Å². The largest absolute Gasteiger partial charge is 0.378 e. The maximum atomic E-state index is 5.53. The minimum atomic E-state index is 0.596. The highest BCUT2D eigenvalue weighted by molar-refractivity contribution is 4.93. The molecule has 2 rings (SSSR count). The van der Waals surface area contributed by atoms with Crippen LogP contribution in [0.1, 0.15) is 12.8 Å². The number of nitrogens with two attached hydrogens (primary N) is 1. The second-order valence-electron chi connectivity index (χ2n) is 3.09. The van der Waals surface area contributed by atoms with Crippen LogP contribution in [-0.4, -0.2) is 19.3 Å². The van der Waals surface area contributed by atoms with Gasteiger partial charge in [-0.2, -0.15) is 0 Å². The van der Waals surface area contributed by atoms with Crippen LogP contribution in [0.4, 0.5) is 0 Å². The normalized spacial score (nSPS) is 48.3. The average molecular weight is 127 g/mol. The first-order valence-electron chi connectivity index (χ1n) is 3.73. The first-order chi connectivity index (χ1) is 4.42. The molecule has 0 aromatic rings. The van der Waals surface area contributed by atoms with E-state index in [0.29, 0.717) is 6.10 Å². The van der Waals surface area contributed by atoms with E-state index in [0.717, 1.165) is 25.0 Å². The fourth-order valence-electron chi connectivity index (χ4n) is 2.00. The Kier molecular flexibility index (Phi) is 1.24. The third-order valence-electron chi connectivity index (χ3n) is 2.70. The lowest BCUT2D eigenvalue weighted by Gasteiger charge is -2.38. The Morgan fingerprint density at radius 2 is 2.44 bits per heavy atom. The van der Waals surface area contributed by atoms with E-state index in [4.69, 9.17) is 10.5 Å². The van der Waals surface area contributed by atoms with Gasteiger partial charge in [0.1, 0.15) is 0 Å². The van der Waals surface area contributed by atoms with Crippen molar-refractivity contribution in [2.75, 3.05) is 13.2 Å².